The first-order chi connectivity index (χ1) is 5.34. The lowest BCUT2D eigenvalue weighted by Crippen LogP contribution is -2.47. The zero-order valence-corrected chi connectivity index (χ0v) is 7.18. The SMILES string of the molecule is CC1COCC(CC2CC2)N1. The summed E-state index contributed by atoms with van der Waals surface area (Å²) in [6.45, 7) is 4.01. The van der Waals surface area contributed by atoms with Crippen LogP contribution in [-0.2, 0) is 4.74 Å². The van der Waals surface area contributed by atoms with Crippen molar-refractivity contribution < 1.29 is 4.74 Å². The van der Waals surface area contributed by atoms with Crippen LogP contribution in [0.1, 0.15) is 26.2 Å². The summed E-state index contributed by atoms with van der Waals surface area (Å²) >= 11 is 0. The highest BCUT2D eigenvalue weighted by atomic mass is 16.5. The molecule has 2 unspecified atom stereocenters. The van der Waals surface area contributed by atoms with Gasteiger partial charge in [-0.15, -0.1) is 0 Å². The Balaban J connectivity index is 1.73. The predicted octanol–water partition coefficient (Wildman–Crippen LogP) is 1.16. The molecule has 2 atom stereocenters. The molecule has 2 aliphatic rings. The van der Waals surface area contributed by atoms with Crippen LogP contribution in [0.25, 0.3) is 0 Å². The quantitative estimate of drug-likeness (QED) is 0.646. The molecule has 11 heavy (non-hydrogen) atoms. The first-order valence-electron chi connectivity index (χ1n) is 4.68. The van der Waals surface area contributed by atoms with Gasteiger partial charge in [0, 0.05) is 12.1 Å². The highest BCUT2D eigenvalue weighted by molar-refractivity contribution is 4.83. The van der Waals surface area contributed by atoms with E-state index in [0.717, 1.165) is 19.1 Å². The fourth-order valence-electron chi connectivity index (χ4n) is 1.78. The van der Waals surface area contributed by atoms with Crippen molar-refractivity contribution in [3.05, 3.63) is 0 Å². The number of morpholine rings is 1. The topological polar surface area (TPSA) is 21.3 Å². The fourth-order valence-corrected chi connectivity index (χ4v) is 1.78. The van der Waals surface area contributed by atoms with Crippen LogP contribution in [0.4, 0.5) is 0 Å². The van der Waals surface area contributed by atoms with E-state index in [9.17, 15) is 0 Å². The molecule has 0 aromatic rings. The van der Waals surface area contributed by atoms with Crippen LogP contribution in [-0.4, -0.2) is 25.3 Å². The highest BCUT2D eigenvalue weighted by Crippen LogP contribution is 2.33. The van der Waals surface area contributed by atoms with Gasteiger partial charge < -0.3 is 10.1 Å². The normalized spacial score (nSPS) is 39.0. The molecule has 0 bridgehead atoms. The van der Waals surface area contributed by atoms with Gasteiger partial charge in [-0.1, -0.05) is 12.8 Å². The van der Waals surface area contributed by atoms with Crippen molar-refractivity contribution in [1.29, 1.82) is 0 Å². The summed E-state index contributed by atoms with van der Waals surface area (Å²) in [6.07, 6.45) is 4.24. The van der Waals surface area contributed by atoms with Crippen molar-refractivity contribution in [3.8, 4) is 0 Å². The van der Waals surface area contributed by atoms with Crippen LogP contribution in [0.15, 0.2) is 0 Å². The Morgan fingerprint density at radius 1 is 1.36 bits per heavy atom. The average Bonchev–Trinajstić information content (AvgIpc) is 2.71. The summed E-state index contributed by atoms with van der Waals surface area (Å²) in [6, 6.07) is 1.21. The summed E-state index contributed by atoms with van der Waals surface area (Å²) in [5.41, 5.74) is 0. The first kappa shape index (κ1) is 7.56. The van der Waals surface area contributed by atoms with Gasteiger partial charge in [0.05, 0.1) is 13.2 Å². The lowest BCUT2D eigenvalue weighted by Gasteiger charge is -2.28. The van der Waals surface area contributed by atoms with E-state index in [4.69, 9.17) is 4.74 Å². The minimum Gasteiger partial charge on any atom is -0.378 e. The van der Waals surface area contributed by atoms with Gasteiger partial charge in [-0.3, -0.25) is 0 Å². The molecule has 1 N–H and O–H groups in total. The summed E-state index contributed by atoms with van der Waals surface area (Å²) < 4.78 is 5.46. The van der Waals surface area contributed by atoms with E-state index in [1.165, 1.54) is 19.3 Å². The summed E-state index contributed by atoms with van der Waals surface area (Å²) in [7, 11) is 0. The van der Waals surface area contributed by atoms with Gasteiger partial charge in [-0.2, -0.15) is 0 Å². The van der Waals surface area contributed by atoms with Crippen molar-refractivity contribution in [3.63, 3.8) is 0 Å². The van der Waals surface area contributed by atoms with Crippen LogP contribution in [0.2, 0.25) is 0 Å². The molecule has 1 saturated heterocycles. The molecule has 2 nitrogen and oxygen atoms in total. The van der Waals surface area contributed by atoms with Crippen molar-refractivity contribution in [2.75, 3.05) is 13.2 Å². The van der Waals surface area contributed by atoms with Crippen LogP contribution in [0.5, 0.6) is 0 Å². The number of hydrogen-bond donors (Lipinski definition) is 1. The van der Waals surface area contributed by atoms with Gasteiger partial charge in [0.1, 0.15) is 0 Å². The Morgan fingerprint density at radius 3 is 2.82 bits per heavy atom. The van der Waals surface area contributed by atoms with E-state index in [1.807, 2.05) is 0 Å². The van der Waals surface area contributed by atoms with Gasteiger partial charge in [-0.25, -0.2) is 0 Å². The lowest BCUT2D eigenvalue weighted by molar-refractivity contribution is 0.0466. The largest absolute Gasteiger partial charge is 0.378 e. The van der Waals surface area contributed by atoms with Gasteiger partial charge in [0.15, 0.2) is 0 Å². The second-order valence-corrected chi connectivity index (χ2v) is 3.98. The minimum absolute atomic E-state index is 0.562. The molecule has 0 aromatic carbocycles. The summed E-state index contributed by atoms with van der Waals surface area (Å²) in [4.78, 5) is 0. The lowest BCUT2D eigenvalue weighted by atomic mass is 10.1. The second-order valence-electron chi connectivity index (χ2n) is 3.98. The van der Waals surface area contributed by atoms with Crippen LogP contribution in [0, 0.1) is 5.92 Å². The third-order valence-electron chi connectivity index (χ3n) is 2.52. The zero-order valence-electron chi connectivity index (χ0n) is 7.18. The number of rotatable bonds is 2. The van der Waals surface area contributed by atoms with E-state index in [-0.39, 0.29) is 0 Å². The maximum atomic E-state index is 5.46. The molecule has 2 fully saturated rings. The molecule has 1 aliphatic carbocycles. The Morgan fingerprint density at radius 2 is 2.18 bits per heavy atom. The van der Waals surface area contributed by atoms with Crippen LogP contribution in [0.3, 0.4) is 0 Å². The third-order valence-corrected chi connectivity index (χ3v) is 2.52. The molecule has 0 radical (unpaired) electrons. The molecule has 0 amide bonds. The number of hydrogen-bond acceptors (Lipinski definition) is 2. The van der Waals surface area contributed by atoms with Gasteiger partial charge in [0.2, 0.25) is 0 Å². The molecule has 1 heterocycles. The number of nitrogens with one attached hydrogen (secondary N) is 1. The second kappa shape index (κ2) is 3.11. The van der Waals surface area contributed by atoms with E-state index in [2.05, 4.69) is 12.2 Å². The maximum Gasteiger partial charge on any atom is 0.0620 e. The summed E-state index contributed by atoms with van der Waals surface area (Å²) in [5, 5.41) is 3.56. The summed E-state index contributed by atoms with van der Waals surface area (Å²) in [5.74, 6) is 1.02. The monoisotopic (exact) mass is 155 g/mol. The maximum absolute atomic E-state index is 5.46. The Labute approximate surface area is 68.3 Å². The highest BCUT2D eigenvalue weighted by Gasteiger charge is 2.27. The fraction of sp³-hybridized carbons (Fsp3) is 1.00. The Hall–Kier alpha value is -0.0800. The molecule has 1 aliphatic heterocycles. The Bertz CT molecular complexity index is 132. The van der Waals surface area contributed by atoms with Crippen molar-refractivity contribution in [2.24, 2.45) is 5.92 Å². The molecular weight excluding hydrogens is 138 g/mol. The number of ether oxygens (including phenoxy) is 1. The molecule has 0 aromatic heterocycles. The predicted molar refractivity (Wildman–Crippen MR) is 44.5 cm³/mol. The van der Waals surface area contributed by atoms with Crippen LogP contribution < -0.4 is 5.32 Å². The van der Waals surface area contributed by atoms with Gasteiger partial charge in [0.25, 0.3) is 0 Å². The smallest absolute Gasteiger partial charge is 0.0620 e. The minimum atomic E-state index is 0.562. The van der Waals surface area contributed by atoms with E-state index in [1.54, 1.807) is 0 Å². The van der Waals surface area contributed by atoms with Crippen molar-refractivity contribution >= 4 is 0 Å². The van der Waals surface area contributed by atoms with Crippen LogP contribution >= 0.6 is 0 Å². The van der Waals surface area contributed by atoms with Crippen molar-refractivity contribution in [2.45, 2.75) is 38.3 Å². The standard InChI is InChI=1S/C9H17NO/c1-7-5-11-6-9(10-7)4-8-2-3-8/h7-10H,2-6H2,1H3. The molecular formula is C9H17NO. The third kappa shape index (κ3) is 2.17. The van der Waals surface area contributed by atoms with E-state index >= 15 is 0 Å². The molecule has 2 rings (SSSR count). The molecule has 2 heteroatoms. The average molecular weight is 155 g/mol. The Kier molecular flexibility index (Phi) is 2.14. The van der Waals surface area contributed by atoms with Crippen molar-refractivity contribution in [1.82, 2.24) is 5.32 Å². The first-order valence-corrected chi connectivity index (χ1v) is 4.68. The van der Waals surface area contributed by atoms with E-state index in [0.29, 0.717) is 12.1 Å². The van der Waals surface area contributed by atoms with Gasteiger partial charge >= 0.3 is 0 Å². The molecule has 1 saturated carbocycles. The van der Waals surface area contributed by atoms with E-state index < -0.39 is 0 Å². The van der Waals surface area contributed by atoms with Gasteiger partial charge in [-0.05, 0) is 19.3 Å². The molecule has 0 spiro atoms. The molecule has 64 valence electrons. The zero-order chi connectivity index (χ0) is 7.68.